The topological polar surface area (TPSA) is 89.4 Å². The zero-order chi connectivity index (χ0) is 22.7. The van der Waals surface area contributed by atoms with Crippen LogP contribution in [0.25, 0.3) is 0 Å². The highest BCUT2D eigenvalue weighted by Gasteiger charge is 2.29. The quantitative estimate of drug-likeness (QED) is 0.380. The summed E-state index contributed by atoms with van der Waals surface area (Å²) in [6.07, 6.45) is 2.57. The zero-order valence-corrected chi connectivity index (χ0v) is 18.2. The monoisotopic (exact) mass is 467 g/mol. The number of benzene rings is 1. The predicted molar refractivity (Wildman–Crippen MR) is 120 cm³/mol. The largest absolute Gasteiger partial charge is 0.435 e. The molecule has 4 rings (SSSR count). The molecule has 1 aromatic heterocycles. The van der Waals surface area contributed by atoms with Gasteiger partial charge in [-0.15, -0.1) is 0 Å². The molecule has 0 spiro atoms. The van der Waals surface area contributed by atoms with Gasteiger partial charge in [0.15, 0.2) is 0 Å². The van der Waals surface area contributed by atoms with Crippen molar-refractivity contribution in [1.29, 1.82) is 5.41 Å². The number of hydrogen-bond acceptors (Lipinski definition) is 9. The second-order valence-electron chi connectivity index (χ2n) is 7.51. The first-order valence-corrected chi connectivity index (χ1v) is 11.3. The van der Waals surface area contributed by atoms with Crippen LogP contribution in [0.5, 0.6) is 5.75 Å². The molecule has 3 N–H and O–H groups in total. The minimum absolute atomic E-state index is 0.000435. The number of aromatic nitrogens is 2. The average molecular weight is 468 g/mol. The number of hydrogen-bond donors (Lipinski definition) is 3. The van der Waals surface area contributed by atoms with Crippen LogP contribution >= 0.6 is 11.9 Å². The van der Waals surface area contributed by atoms with E-state index in [1.54, 1.807) is 29.0 Å². The molecule has 32 heavy (non-hydrogen) atoms. The Morgan fingerprint density at radius 3 is 2.75 bits per heavy atom. The van der Waals surface area contributed by atoms with Crippen molar-refractivity contribution in [2.75, 3.05) is 48.0 Å². The van der Waals surface area contributed by atoms with Crippen LogP contribution in [-0.4, -0.2) is 71.7 Å². The average Bonchev–Trinajstić information content (AvgIpc) is 3.16. The van der Waals surface area contributed by atoms with Crippen molar-refractivity contribution in [3.05, 3.63) is 29.8 Å². The van der Waals surface area contributed by atoms with Crippen molar-refractivity contribution in [3.63, 3.8) is 0 Å². The summed E-state index contributed by atoms with van der Waals surface area (Å²) >= 11 is 1.66. The number of anilines is 4. The van der Waals surface area contributed by atoms with Crippen LogP contribution in [0.15, 0.2) is 24.3 Å². The lowest BCUT2D eigenvalue weighted by atomic mass is 10.2. The van der Waals surface area contributed by atoms with Gasteiger partial charge < -0.3 is 25.7 Å². The molecule has 1 atom stereocenters. The summed E-state index contributed by atoms with van der Waals surface area (Å²) in [6, 6.07) is 6.27. The Bertz CT molecular complexity index is 961. The molecule has 3 heterocycles. The molecular formula is C20H24F3N7OS. The fourth-order valence-corrected chi connectivity index (χ4v) is 4.31. The van der Waals surface area contributed by atoms with Crippen molar-refractivity contribution in [1.82, 2.24) is 14.3 Å². The van der Waals surface area contributed by atoms with Gasteiger partial charge in [0.1, 0.15) is 23.6 Å². The second kappa shape index (κ2) is 9.82. The summed E-state index contributed by atoms with van der Waals surface area (Å²) in [7, 11) is 0. The number of halogens is 3. The highest BCUT2D eigenvalue weighted by molar-refractivity contribution is 7.96. The zero-order valence-electron chi connectivity index (χ0n) is 17.4. The van der Waals surface area contributed by atoms with Gasteiger partial charge in [0.25, 0.3) is 0 Å². The van der Waals surface area contributed by atoms with E-state index in [4.69, 9.17) is 5.41 Å². The van der Waals surface area contributed by atoms with Gasteiger partial charge in [-0.2, -0.15) is 18.7 Å². The van der Waals surface area contributed by atoms with Crippen molar-refractivity contribution < 1.29 is 17.9 Å². The van der Waals surface area contributed by atoms with Gasteiger partial charge in [-0.05, 0) is 24.8 Å². The van der Waals surface area contributed by atoms with Gasteiger partial charge in [-0.3, -0.25) is 0 Å². The summed E-state index contributed by atoms with van der Waals surface area (Å²) < 4.78 is 45.7. The predicted octanol–water partition coefficient (Wildman–Crippen LogP) is 3.74. The van der Waals surface area contributed by atoms with Crippen LogP contribution < -0.4 is 20.3 Å². The number of alkyl halides is 3. The third kappa shape index (κ3) is 5.18. The molecule has 0 bridgehead atoms. The molecule has 2 aromatic rings. The van der Waals surface area contributed by atoms with Crippen molar-refractivity contribution in [2.24, 2.45) is 0 Å². The van der Waals surface area contributed by atoms with E-state index < -0.39 is 12.8 Å². The van der Waals surface area contributed by atoms with E-state index in [9.17, 15) is 13.2 Å². The second-order valence-corrected chi connectivity index (χ2v) is 8.39. The minimum atomic E-state index is -2.93. The molecule has 1 aromatic carbocycles. The van der Waals surface area contributed by atoms with Crippen LogP contribution in [0.3, 0.4) is 0 Å². The highest BCUT2D eigenvalue weighted by atomic mass is 32.2. The fraction of sp³-hybridized carbons (Fsp3) is 0.450. The maximum atomic E-state index is 13.9. The summed E-state index contributed by atoms with van der Waals surface area (Å²) in [5.74, 6) is 1.15. The Labute approximate surface area is 188 Å². The summed E-state index contributed by atoms with van der Waals surface area (Å²) in [5, 5.41) is 14.3. The van der Waals surface area contributed by atoms with Crippen LogP contribution in [-0.2, 0) is 0 Å². The van der Waals surface area contributed by atoms with E-state index in [2.05, 4.69) is 29.6 Å². The summed E-state index contributed by atoms with van der Waals surface area (Å²) in [4.78, 5) is 10.9. The Kier molecular flexibility index (Phi) is 6.89. The number of rotatable bonds is 9. The first-order chi connectivity index (χ1) is 15.4. The molecule has 1 unspecified atom stereocenters. The van der Waals surface area contributed by atoms with Crippen molar-refractivity contribution >= 4 is 41.4 Å². The van der Waals surface area contributed by atoms with Crippen LogP contribution in [0.1, 0.15) is 12.0 Å². The lowest BCUT2D eigenvalue weighted by Gasteiger charge is -2.37. The molecule has 2 saturated heterocycles. The highest BCUT2D eigenvalue weighted by Crippen LogP contribution is 2.31. The molecule has 0 aliphatic carbocycles. The lowest BCUT2D eigenvalue weighted by Crippen LogP contribution is -2.51. The molecule has 0 amide bonds. The van der Waals surface area contributed by atoms with E-state index in [0.29, 0.717) is 41.8 Å². The first-order valence-electron chi connectivity index (χ1n) is 10.1. The Morgan fingerprint density at radius 1 is 1.28 bits per heavy atom. The van der Waals surface area contributed by atoms with Crippen LogP contribution in [0.2, 0.25) is 0 Å². The van der Waals surface area contributed by atoms with Crippen molar-refractivity contribution in [2.45, 2.75) is 25.2 Å². The molecule has 2 aliphatic heterocycles. The summed E-state index contributed by atoms with van der Waals surface area (Å²) in [5.41, 5.74) is 0.855. The molecule has 2 fully saturated rings. The maximum Gasteiger partial charge on any atom is 0.387 e. The SMILES string of the molecule is CSN1CC(Nc2nc(Nc3cccc(OC(F)F)c3)c(C=N)c(N3CCC(F)C3)n2)C1. The van der Waals surface area contributed by atoms with E-state index >= 15 is 0 Å². The number of nitrogens with zero attached hydrogens (tertiary/aromatic N) is 4. The fourth-order valence-electron chi connectivity index (χ4n) is 3.65. The van der Waals surface area contributed by atoms with E-state index in [1.807, 2.05) is 6.26 Å². The Balaban J connectivity index is 1.64. The molecule has 8 nitrogen and oxygen atoms in total. The third-order valence-corrected chi connectivity index (χ3v) is 6.08. The third-order valence-electron chi connectivity index (χ3n) is 5.26. The summed E-state index contributed by atoms with van der Waals surface area (Å²) in [6.45, 7) is -0.593. The molecule has 12 heteroatoms. The molecule has 2 aliphatic rings. The van der Waals surface area contributed by atoms with E-state index in [0.717, 1.165) is 19.3 Å². The lowest BCUT2D eigenvalue weighted by molar-refractivity contribution is -0.0498. The van der Waals surface area contributed by atoms with Gasteiger partial charge in [-0.25, -0.2) is 8.70 Å². The maximum absolute atomic E-state index is 13.9. The first kappa shape index (κ1) is 22.5. The van der Waals surface area contributed by atoms with E-state index in [-0.39, 0.29) is 18.3 Å². The van der Waals surface area contributed by atoms with Crippen molar-refractivity contribution in [3.8, 4) is 5.75 Å². The molecule has 0 radical (unpaired) electrons. The molecule has 172 valence electrons. The molecular weight excluding hydrogens is 443 g/mol. The van der Waals surface area contributed by atoms with Gasteiger partial charge >= 0.3 is 6.61 Å². The van der Waals surface area contributed by atoms with Crippen LogP contribution in [0.4, 0.5) is 36.4 Å². The Hall–Kier alpha value is -2.73. The smallest absolute Gasteiger partial charge is 0.387 e. The normalized spacial score (nSPS) is 19.2. The van der Waals surface area contributed by atoms with Gasteiger partial charge in [0.2, 0.25) is 5.95 Å². The number of nitrogens with one attached hydrogen (secondary N) is 3. The van der Waals surface area contributed by atoms with Gasteiger partial charge in [-0.1, -0.05) is 18.0 Å². The Morgan fingerprint density at radius 2 is 2.09 bits per heavy atom. The van der Waals surface area contributed by atoms with Gasteiger partial charge in [0, 0.05) is 37.6 Å². The van der Waals surface area contributed by atoms with Crippen LogP contribution in [0, 0.1) is 5.41 Å². The minimum Gasteiger partial charge on any atom is -0.435 e. The number of ether oxygens (including phenoxy) is 1. The standard InChI is InChI=1S/C20H24F3N7OS/c1-32-30-10-14(11-30)26-20-27-17(25-13-3-2-4-15(7-13)31-19(22)23)16(8-24)18(28-20)29-6-5-12(21)9-29/h2-4,7-8,12,14,19,24H,5-6,9-11H2,1H3,(H2,25,26,27,28). The van der Waals surface area contributed by atoms with Gasteiger partial charge in [0.05, 0.1) is 18.2 Å². The van der Waals surface area contributed by atoms with E-state index in [1.165, 1.54) is 12.1 Å². The molecule has 0 saturated carbocycles.